The summed E-state index contributed by atoms with van der Waals surface area (Å²) in [5, 5.41) is 7.01. The van der Waals surface area contributed by atoms with Crippen molar-refractivity contribution in [2.45, 2.75) is 19.4 Å². The zero-order valence-corrected chi connectivity index (χ0v) is 16.7. The Balaban J connectivity index is 1.37. The molecule has 1 saturated heterocycles. The normalized spacial score (nSPS) is 16.3. The van der Waals surface area contributed by atoms with Gasteiger partial charge in [-0.05, 0) is 54.8 Å². The number of ether oxygens (including phenoxy) is 1. The monoisotopic (exact) mass is 410 g/mol. The number of hydrogen-bond donors (Lipinski definition) is 1. The zero-order valence-electron chi connectivity index (χ0n) is 16.7. The van der Waals surface area contributed by atoms with E-state index in [2.05, 4.69) is 15.5 Å². The van der Waals surface area contributed by atoms with Gasteiger partial charge < -0.3 is 19.5 Å². The summed E-state index contributed by atoms with van der Waals surface area (Å²) in [5.41, 5.74) is 1.69. The predicted molar refractivity (Wildman–Crippen MR) is 109 cm³/mol. The molecule has 1 aliphatic rings. The summed E-state index contributed by atoms with van der Waals surface area (Å²) < 4.78 is 23.6. The molecule has 1 atom stereocenters. The summed E-state index contributed by atoms with van der Waals surface area (Å²) in [6.45, 7) is 1.64. The smallest absolute Gasteiger partial charge is 0.324 e. The molecule has 156 valence electrons. The van der Waals surface area contributed by atoms with Crippen LogP contribution in [0.2, 0.25) is 0 Å². The van der Waals surface area contributed by atoms with E-state index in [0.717, 1.165) is 36.3 Å². The third-order valence-corrected chi connectivity index (χ3v) is 5.21. The Hall–Kier alpha value is -3.42. The topological polar surface area (TPSA) is 80.5 Å². The van der Waals surface area contributed by atoms with Crippen LogP contribution in [0.1, 0.15) is 18.4 Å². The van der Waals surface area contributed by atoms with Crippen molar-refractivity contribution < 1.29 is 18.4 Å². The molecule has 0 radical (unpaired) electrons. The fourth-order valence-electron chi connectivity index (χ4n) is 3.50. The third-order valence-electron chi connectivity index (χ3n) is 5.21. The van der Waals surface area contributed by atoms with Gasteiger partial charge in [-0.1, -0.05) is 17.3 Å². The van der Waals surface area contributed by atoms with Crippen LogP contribution in [0.3, 0.4) is 0 Å². The van der Waals surface area contributed by atoms with Crippen LogP contribution in [0.5, 0.6) is 5.75 Å². The van der Waals surface area contributed by atoms with E-state index < -0.39 is 0 Å². The van der Waals surface area contributed by atoms with Crippen LogP contribution in [-0.2, 0) is 11.3 Å². The van der Waals surface area contributed by atoms with Crippen LogP contribution in [0.4, 0.5) is 10.4 Å². The first kappa shape index (κ1) is 19.9. The number of nitrogens with one attached hydrogen (secondary N) is 1. The highest BCUT2D eigenvalue weighted by Gasteiger charge is 2.28. The van der Waals surface area contributed by atoms with Crippen molar-refractivity contribution in [2.24, 2.45) is 5.92 Å². The summed E-state index contributed by atoms with van der Waals surface area (Å²) in [5.74, 6) is 0.763. The van der Waals surface area contributed by atoms with Gasteiger partial charge >= 0.3 is 6.01 Å². The van der Waals surface area contributed by atoms with E-state index >= 15 is 0 Å². The molecular formula is C22H23FN4O3. The number of carbonyl (C=O) groups is 1. The van der Waals surface area contributed by atoms with Crippen LogP contribution in [0.25, 0.3) is 11.4 Å². The average molecular weight is 410 g/mol. The molecule has 3 aromatic rings. The number of benzene rings is 2. The van der Waals surface area contributed by atoms with Gasteiger partial charge in [-0.2, -0.15) is 4.98 Å². The quantitative estimate of drug-likeness (QED) is 0.671. The van der Waals surface area contributed by atoms with Gasteiger partial charge in [-0.3, -0.25) is 4.79 Å². The van der Waals surface area contributed by atoms with Crippen molar-refractivity contribution in [1.29, 1.82) is 0 Å². The first-order valence-corrected chi connectivity index (χ1v) is 9.87. The number of aromatic nitrogens is 2. The van der Waals surface area contributed by atoms with E-state index in [9.17, 15) is 9.18 Å². The van der Waals surface area contributed by atoms with Crippen LogP contribution in [0, 0.1) is 11.7 Å². The summed E-state index contributed by atoms with van der Waals surface area (Å²) in [7, 11) is 1.62. The van der Waals surface area contributed by atoms with Gasteiger partial charge in [-0.15, -0.1) is 0 Å². The Morgan fingerprint density at radius 3 is 2.73 bits per heavy atom. The lowest BCUT2D eigenvalue weighted by molar-refractivity contribution is -0.125. The summed E-state index contributed by atoms with van der Waals surface area (Å²) in [4.78, 5) is 19.1. The lowest BCUT2D eigenvalue weighted by Crippen LogP contribution is -2.43. The van der Waals surface area contributed by atoms with Crippen molar-refractivity contribution in [3.8, 4) is 17.1 Å². The molecule has 8 heteroatoms. The summed E-state index contributed by atoms with van der Waals surface area (Å²) in [6.07, 6.45) is 1.65. The Kier molecular flexibility index (Phi) is 5.92. The number of carbonyl (C=O) groups excluding carboxylic acids is 1. The summed E-state index contributed by atoms with van der Waals surface area (Å²) in [6, 6.07) is 14.0. The molecule has 1 amide bonds. The second-order valence-electron chi connectivity index (χ2n) is 7.26. The molecule has 0 bridgehead atoms. The minimum absolute atomic E-state index is 0.0288. The molecule has 0 saturated carbocycles. The number of nitrogens with zero attached hydrogens (tertiary/aromatic N) is 3. The van der Waals surface area contributed by atoms with Gasteiger partial charge in [0.15, 0.2) is 0 Å². The molecule has 0 aliphatic carbocycles. The van der Waals surface area contributed by atoms with Gasteiger partial charge in [0.25, 0.3) is 0 Å². The molecular weight excluding hydrogens is 387 g/mol. The highest BCUT2D eigenvalue weighted by atomic mass is 19.1. The molecule has 4 rings (SSSR count). The van der Waals surface area contributed by atoms with Crippen molar-refractivity contribution in [1.82, 2.24) is 15.5 Å². The SMILES string of the molecule is COc1ccc(-c2noc(N3CCCC(C(=O)NCc4ccc(F)cc4)C3)n2)cc1. The lowest BCUT2D eigenvalue weighted by atomic mass is 9.97. The van der Waals surface area contributed by atoms with Gasteiger partial charge in [0, 0.05) is 25.2 Å². The van der Waals surface area contributed by atoms with E-state index in [1.54, 1.807) is 19.2 Å². The second kappa shape index (κ2) is 8.94. The van der Waals surface area contributed by atoms with Crippen molar-refractivity contribution in [2.75, 3.05) is 25.1 Å². The van der Waals surface area contributed by atoms with Gasteiger partial charge in [0.2, 0.25) is 11.7 Å². The Labute approximate surface area is 173 Å². The molecule has 7 nitrogen and oxygen atoms in total. The molecule has 1 aliphatic heterocycles. The predicted octanol–water partition coefficient (Wildman–Crippen LogP) is 3.42. The van der Waals surface area contributed by atoms with E-state index in [1.807, 2.05) is 29.2 Å². The highest BCUT2D eigenvalue weighted by molar-refractivity contribution is 5.79. The van der Waals surface area contributed by atoms with E-state index in [1.165, 1.54) is 12.1 Å². The number of piperidine rings is 1. The van der Waals surface area contributed by atoms with E-state index in [0.29, 0.717) is 24.9 Å². The number of halogens is 1. The maximum atomic E-state index is 13.0. The van der Waals surface area contributed by atoms with Crippen LogP contribution < -0.4 is 15.0 Å². The fourth-order valence-corrected chi connectivity index (χ4v) is 3.50. The van der Waals surface area contributed by atoms with Crippen molar-refractivity contribution >= 4 is 11.9 Å². The largest absolute Gasteiger partial charge is 0.497 e. The number of anilines is 1. The molecule has 0 spiro atoms. The molecule has 2 aromatic carbocycles. The number of methoxy groups -OCH3 is 1. The Morgan fingerprint density at radius 2 is 2.00 bits per heavy atom. The van der Waals surface area contributed by atoms with E-state index in [-0.39, 0.29) is 17.6 Å². The molecule has 2 heterocycles. The molecule has 1 unspecified atom stereocenters. The van der Waals surface area contributed by atoms with Crippen molar-refractivity contribution in [3.63, 3.8) is 0 Å². The maximum absolute atomic E-state index is 13.0. The van der Waals surface area contributed by atoms with Gasteiger partial charge in [0.1, 0.15) is 11.6 Å². The van der Waals surface area contributed by atoms with Gasteiger partial charge in [0.05, 0.1) is 13.0 Å². The fraction of sp³-hybridized carbons (Fsp3) is 0.318. The molecule has 1 aromatic heterocycles. The number of hydrogen-bond acceptors (Lipinski definition) is 6. The maximum Gasteiger partial charge on any atom is 0.324 e. The first-order valence-electron chi connectivity index (χ1n) is 9.87. The van der Waals surface area contributed by atoms with Crippen LogP contribution in [-0.4, -0.2) is 36.2 Å². The average Bonchev–Trinajstić information content (AvgIpc) is 3.29. The lowest BCUT2D eigenvalue weighted by Gasteiger charge is -2.30. The first-order chi connectivity index (χ1) is 14.6. The minimum Gasteiger partial charge on any atom is -0.497 e. The third kappa shape index (κ3) is 4.59. The van der Waals surface area contributed by atoms with E-state index in [4.69, 9.17) is 9.26 Å². The number of rotatable bonds is 6. The Bertz CT molecular complexity index is 988. The number of amides is 1. The molecule has 1 N–H and O–H groups in total. The standard InChI is InChI=1S/C22H23FN4O3/c1-29-19-10-6-16(7-11-19)20-25-22(30-26-20)27-12-2-3-17(14-27)21(28)24-13-15-4-8-18(23)9-5-15/h4-11,17H,2-3,12-14H2,1H3,(H,24,28). The molecule has 30 heavy (non-hydrogen) atoms. The van der Waals surface area contributed by atoms with Crippen molar-refractivity contribution in [3.05, 3.63) is 59.9 Å². The van der Waals surface area contributed by atoms with Gasteiger partial charge in [-0.25, -0.2) is 4.39 Å². The highest BCUT2D eigenvalue weighted by Crippen LogP contribution is 2.26. The van der Waals surface area contributed by atoms with Crippen LogP contribution >= 0.6 is 0 Å². The minimum atomic E-state index is -0.290. The Morgan fingerprint density at radius 1 is 1.23 bits per heavy atom. The molecule has 1 fully saturated rings. The van der Waals surface area contributed by atoms with Crippen LogP contribution in [0.15, 0.2) is 53.1 Å². The summed E-state index contributed by atoms with van der Waals surface area (Å²) >= 11 is 0. The second-order valence-corrected chi connectivity index (χ2v) is 7.26. The zero-order chi connectivity index (χ0) is 20.9.